The molecule has 1 aromatic rings. The van der Waals surface area contributed by atoms with Crippen molar-refractivity contribution in [3.63, 3.8) is 0 Å². The SMILES string of the molecule is O=C1CCC(NC(=O)CCCSc2ccccc2)CN1. The fraction of sp³-hybridized carbons (Fsp3) is 0.467. The normalized spacial score (nSPS) is 18.4. The summed E-state index contributed by atoms with van der Waals surface area (Å²) in [7, 11) is 0. The third-order valence-corrected chi connectivity index (χ3v) is 4.29. The molecule has 2 N–H and O–H groups in total. The van der Waals surface area contributed by atoms with Gasteiger partial charge in [0.1, 0.15) is 0 Å². The second-order valence-electron chi connectivity index (χ2n) is 4.87. The van der Waals surface area contributed by atoms with E-state index in [1.165, 1.54) is 4.90 Å². The molecule has 1 aromatic carbocycles. The molecular weight excluding hydrogens is 272 g/mol. The zero-order chi connectivity index (χ0) is 14.2. The molecule has 5 heteroatoms. The first-order valence-electron chi connectivity index (χ1n) is 6.98. The van der Waals surface area contributed by atoms with Crippen LogP contribution in [0.25, 0.3) is 0 Å². The molecule has 1 fully saturated rings. The lowest BCUT2D eigenvalue weighted by atomic mass is 10.1. The van der Waals surface area contributed by atoms with Gasteiger partial charge in [-0.1, -0.05) is 18.2 Å². The Bertz CT molecular complexity index is 440. The molecule has 0 bridgehead atoms. The molecule has 0 aliphatic carbocycles. The number of carbonyl (C=O) groups excluding carboxylic acids is 2. The molecule has 1 heterocycles. The first kappa shape index (κ1) is 14.9. The molecule has 4 nitrogen and oxygen atoms in total. The van der Waals surface area contributed by atoms with Gasteiger partial charge in [0, 0.05) is 30.3 Å². The zero-order valence-electron chi connectivity index (χ0n) is 11.4. The van der Waals surface area contributed by atoms with Crippen molar-refractivity contribution in [3.8, 4) is 0 Å². The van der Waals surface area contributed by atoms with Gasteiger partial charge < -0.3 is 10.6 Å². The van der Waals surface area contributed by atoms with Gasteiger partial charge in [0.15, 0.2) is 0 Å². The smallest absolute Gasteiger partial charge is 0.220 e. The second kappa shape index (κ2) is 7.94. The summed E-state index contributed by atoms with van der Waals surface area (Å²) < 4.78 is 0. The van der Waals surface area contributed by atoms with Crippen molar-refractivity contribution in [3.05, 3.63) is 30.3 Å². The van der Waals surface area contributed by atoms with Crippen molar-refractivity contribution in [2.75, 3.05) is 12.3 Å². The first-order chi connectivity index (χ1) is 9.74. The first-order valence-corrected chi connectivity index (χ1v) is 7.96. The molecule has 2 amide bonds. The van der Waals surface area contributed by atoms with Crippen LogP contribution in [0.5, 0.6) is 0 Å². The molecule has 0 aromatic heterocycles. The van der Waals surface area contributed by atoms with E-state index in [9.17, 15) is 9.59 Å². The maximum absolute atomic E-state index is 11.8. The fourth-order valence-electron chi connectivity index (χ4n) is 2.10. The number of carbonyl (C=O) groups is 2. The summed E-state index contributed by atoms with van der Waals surface area (Å²) >= 11 is 1.77. The minimum atomic E-state index is 0.0785. The minimum absolute atomic E-state index is 0.0785. The van der Waals surface area contributed by atoms with Crippen LogP contribution in [-0.2, 0) is 9.59 Å². The van der Waals surface area contributed by atoms with Gasteiger partial charge in [0.05, 0.1) is 0 Å². The second-order valence-corrected chi connectivity index (χ2v) is 6.04. The zero-order valence-corrected chi connectivity index (χ0v) is 12.2. The number of hydrogen-bond acceptors (Lipinski definition) is 3. The number of piperidine rings is 1. The van der Waals surface area contributed by atoms with Crippen LogP contribution in [0, 0.1) is 0 Å². The van der Waals surface area contributed by atoms with Crippen LogP contribution in [0.15, 0.2) is 35.2 Å². The summed E-state index contributed by atoms with van der Waals surface area (Å²) in [6.45, 7) is 0.559. The maximum atomic E-state index is 11.8. The summed E-state index contributed by atoms with van der Waals surface area (Å²) in [5.74, 6) is 1.10. The Morgan fingerprint density at radius 2 is 2.15 bits per heavy atom. The summed E-state index contributed by atoms with van der Waals surface area (Å²) in [4.78, 5) is 24.0. The number of benzene rings is 1. The van der Waals surface area contributed by atoms with Gasteiger partial charge in [-0.2, -0.15) is 0 Å². The molecule has 0 radical (unpaired) electrons. The van der Waals surface area contributed by atoms with Crippen LogP contribution in [-0.4, -0.2) is 30.2 Å². The summed E-state index contributed by atoms with van der Waals surface area (Å²) in [6, 6.07) is 10.3. The lowest BCUT2D eigenvalue weighted by Gasteiger charge is -2.23. The van der Waals surface area contributed by atoms with Gasteiger partial charge in [0.25, 0.3) is 0 Å². The lowest BCUT2D eigenvalue weighted by molar-refractivity contribution is -0.125. The van der Waals surface area contributed by atoms with Crippen LogP contribution in [0.2, 0.25) is 0 Å². The molecule has 1 saturated heterocycles. The van der Waals surface area contributed by atoms with Crippen molar-refractivity contribution in [2.24, 2.45) is 0 Å². The van der Waals surface area contributed by atoms with Crippen LogP contribution in [0.4, 0.5) is 0 Å². The highest BCUT2D eigenvalue weighted by molar-refractivity contribution is 7.99. The molecule has 0 saturated carbocycles. The summed E-state index contributed by atoms with van der Waals surface area (Å²) in [6.07, 6.45) is 2.67. The number of thioether (sulfide) groups is 1. The Morgan fingerprint density at radius 1 is 1.35 bits per heavy atom. The molecule has 1 atom stereocenters. The maximum Gasteiger partial charge on any atom is 0.220 e. The van der Waals surface area contributed by atoms with Crippen LogP contribution >= 0.6 is 11.8 Å². The molecule has 108 valence electrons. The largest absolute Gasteiger partial charge is 0.354 e. The Labute approximate surface area is 123 Å². The van der Waals surface area contributed by atoms with E-state index in [0.29, 0.717) is 19.4 Å². The van der Waals surface area contributed by atoms with Gasteiger partial charge in [-0.15, -0.1) is 11.8 Å². The van der Waals surface area contributed by atoms with E-state index in [2.05, 4.69) is 22.8 Å². The van der Waals surface area contributed by atoms with Crippen molar-refractivity contribution in [1.82, 2.24) is 10.6 Å². The van der Waals surface area contributed by atoms with E-state index in [1.807, 2.05) is 18.2 Å². The van der Waals surface area contributed by atoms with E-state index in [1.54, 1.807) is 11.8 Å². The topological polar surface area (TPSA) is 58.2 Å². The van der Waals surface area contributed by atoms with Crippen molar-refractivity contribution in [2.45, 2.75) is 36.6 Å². The quantitative estimate of drug-likeness (QED) is 0.622. The van der Waals surface area contributed by atoms with Gasteiger partial charge >= 0.3 is 0 Å². The third-order valence-electron chi connectivity index (χ3n) is 3.19. The summed E-state index contributed by atoms with van der Waals surface area (Å²) in [5, 5.41) is 5.74. The average Bonchev–Trinajstić information content (AvgIpc) is 2.47. The predicted molar refractivity (Wildman–Crippen MR) is 80.6 cm³/mol. The van der Waals surface area contributed by atoms with Crippen LogP contribution < -0.4 is 10.6 Å². The highest BCUT2D eigenvalue weighted by Crippen LogP contribution is 2.18. The van der Waals surface area contributed by atoms with E-state index < -0.39 is 0 Å². The van der Waals surface area contributed by atoms with Crippen molar-refractivity contribution < 1.29 is 9.59 Å². The molecule has 0 spiro atoms. The standard InChI is InChI=1S/C15H20N2O2S/c18-14-9-8-12(11-16-14)17-15(19)7-4-10-20-13-5-2-1-3-6-13/h1-3,5-6,12H,4,7-11H2,(H,16,18)(H,17,19). The molecule has 1 unspecified atom stereocenters. The van der Waals surface area contributed by atoms with E-state index >= 15 is 0 Å². The monoisotopic (exact) mass is 292 g/mol. The van der Waals surface area contributed by atoms with Gasteiger partial charge in [0.2, 0.25) is 11.8 Å². The van der Waals surface area contributed by atoms with Gasteiger partial charge in [-0.3, -0.25) is 9.59 Å². The highest BCUT2D eigenvalue weighted by Gasteiger charge is 2.19. The molecule has 2 rings (SSSR count). The van der Waals surface area contributed by atoms with Crippen LogP contribution in [0.3, 0.4) is 0 Å². The van der Waals surface area contributed by atoms with E-state index in [4.69, 9.17) is 0 Å². The van der Waals surface area contributed by atoms with E-state index in [0.717, 1.165) is 18.6 Å². The van der Waals surface area contributed by atoms with Gasteiger partial charge in [-0.05, 0) is 30.7 Å². The molecule has 1 aliphatic rings. The number of amides is 2. The molecular formula is C15H20N2O2S. The predicted octanol–water partition coefficient (Wildman–Crippen LogP) is 1.95. The highest BCUT2D eigenvalue weighted by atomic mass is 32.2. The average molecular weight is 292 g/mol. The Morgan fingerprint density at radius 3 is 2.85 bits per heavy atom. The van der Waals surface area contributed by atoms with Crippen molar-refractivity contribution >= 4 is 23.6 Å². The molecule has 1 aliphatic heterocycles. The Hall–Kier alpha value is -1.49. The Kier molecular flexibility index (Phi) is 5.92. The van der Waals surface area contributed by atoms with Gasteiger partial charge in [-0.25, -0.2) is 0 Å². The number of hydrogen-bond donors (Lipinski definition) is 2. The summed E-state index contributed by atoms with van der Waals surface area (Å²) in [5.41, 5.74) is 0. The van der Waals surface area contributed by atoms with E-state index in [-0.39, 0.29) is 17.9 Å². The number of nitrogens with one attached hydrogen (secondary N) is 2. The minimum Gasteiger partial charge on any atom is -0.354 e. The van der Waals surface area contributed by atoms with Crippen LogP contribution in [0.1, 0.15) is 25.7 Å². The number of rotatable bonds is 6. The fourth-order valence-corrected chi connectivity index (χ4v) is 2.97. The van der Waals surface area contributed by atoms with Crippen molar-refractivity contribution in [1.29, 1.82) is 0 Å². The Balaban J connectivity index is 1.57. The lowest BCUT2D eigenvalue weighted by Crippen LogP contribution is -2.47. The molecule has 20 heavy (non-hydrogen) atoms. The third kappa shape index (κ3) is 5.25.